The number of carbonyl (C=O) groups is 3. The van der Waals surface area contributed by atoms with E-state index >= 15 is 0 Å². The molecule has 0 saturated heterocycles. The quantitative estimate of drug-likeness (QED) is 0.388. The molecule has 2 aromatic rings. The van der Waals surface area contributed by atoms with Crippen LogP contribution in [0.4, 0.5) is 23.2 Å². The van der Waals surface area contributed by atoms with Crippen molar-refractivity contribution in [3.8, 4) is 5.69 Å². The topological polar surface area (TPSA) is 148 Å². The van der Waals surface area contributed by atoms with E-state index in [2.05, 4.69) is 5.32 Å². The van der Waals surface area contributed by atoms with Crippen LogP contribution in [0, 0.1) is 17.2 Å². The van der Waals surface area contributed by atoms with Gasteiger partial charge in [-0.3, -0.25) is 23.7 Å². The third-order valence-corrected chi connectivity index (χ3v) is 7.51. The lowest BCUT2D eigenvalue weighted by Crippen LogP contribution is -2.41. The number of hydrogen-bond donors (Lipinski definition) is 3. The third-order valence-electron chi connectivity index (χ3n) is 6.01. The maximum absolute atomic E-state index is 14.6. The molecule has 0 bridgehead atoms. The van der Waals surface area contributed by atoms with Crippen molar-refractivity contribution < 1.29 is 42.2 Å². The molecular weight excluding hydrogens is 574 g/mol. The van der Waals surface area contributed by atoms with Gasteiger partial charge in [0.1, 0.15) is 11.5 Å². The van der Waals surface area contributed by atoms with Gasteiger partial charge in [-0.25, -0.2) is 13.8 Å². The zero-order valence-electron chi connectivity index (χ0n) is 20.8. The van der Waals surface area contributed by atoms with Crippen LogP contribution >= 0.6 is 23.4 Å². The number of halogens is 5. The predicted octanol–water partition coefficient (Wildman–Crippen LogP) is 3.61. The SMILES string of the molecule is CC(=O)O.CC(C(=O)O)C1(CSC(=O)CNc2cc(-n3c(=O)cc(C(F)(F)F)n(C)c3=O)c(F)cc2Cl)CC1. The first-order chi connectivity index (χ1) is 17.9. The van der Waals surface area contributed by atoms with Crippen LogP contribution in [0.25, 0.3) is 5.69 Å². The number of nitrogens with one attached hydrogen (secondary N) is 1. The molecule has 0 spiro atoms. The van der Waals surface area contributed by atoms with Gasteiger partial charge in [-0.05, 0) is 30.4 Å². The number of benzene rings is 1. The number of nitrogens with zero attached hydrogens (tertiary/aromatic N) is 2. The Morgan fingerprint density at radius 1 is 1.18 bits per heavy atom. The lowest BCUT2D eigenvalue weighted by molar-refractivity contribution is -0.144. The number of aromatic nitrogens is 2. The van der Waals surface area contributed by atoms with E-state index in [1.807, 2.05) is 0 Å². The van der Waals surface area contributed by atoms with Gasteiger partial charge in [-0.15, -0.1) is 0 Å². The molecule has 1 fully saturated rings. The van der Waals surface area contributed by atoms with Gasteiger partial charge >= 0.3 is 17.8 Å². The second kappa shape index (κ2) is 12.2. The lowest BCUT2D eigenvalue weighted by Gasteiger charge is -2.19. The molecule has 3 rings (SSSR count). The molecular formula is C23H24ClF4N3O7S. The average molecular weight is 598 g/mol. The van der Waals surface area contributed by atoms with Crippen molar-refractivity contribution in [2.24, 2.45) is 18.4 Å². The normalized spacial score (nSPS) is 14.6. The highest BCUT2D eigenvalue weighted by Gasteiger charge is 2.50. The maximum atomic E-state index is 14.6. The summed E-state index contributed by atoms with van der Waals surface area (Å²) in [5.41, 5.74) is -5.46. The van der Waals surface area contributed by atoms with Crippen LogP contribution in [0.15, 0.2) is 27.8 Å². The molecule has 214 valence electrons. The number of carbonyl (C=O) groups excluding carboxylic acids is 1. The standard InChI is InChI=1S/C21H20ClF4N3O5S.C2H4O2/c1-10(18(32)33)20(3-4-20)9-35-17(31)8-27-13-6-14(12(23)5-11(13)22)29-16(30)7-15(21(24,25)26)28(2)19(29)34;1-2(3)4/h5-7,10,27H,3-4,8-9H2,1-2H3,(H,32,33);1H3,(H,3,4). The van der Waals surface area contributed by atoms with Gasteiger partial charge < -0.3 is 15.5 Å². The summed E-state index contributed by atoms with van der Waals surface area (Å²) in [6.07, 6.45) is -3.59. The molecule has 1 atom stereocenters. The van der Waals surface area contributed by atoms with Crippen molar-refractivity contribution in [3.63, 3.8) is 0 Å². The Hall–Kier alpha value is -3.33. The van der Waals surface area contributed by atoms with E-state index in [9.17, 15) is 41.8 Å². The highest BCUT2D eigenvalue weighted by molar-refractivity contribution is 8.13. The van der Waals surface area contributed by atoms with Crippen molar-refractivity contribution in [1.82, 2.24) is 9.13 Å². The number of carboxylic acid groups (broad SMARTS) is 2. The van der Waals surface area contributed by atoms with Crippen LogP contribution in [0.5, 0.6) is 0 Å². The molecule has 1 heterocycles. The van der Waals surface area contributed by atoms with Gasteiger partial charge in [-0.2, -0.15) is 13.2 Å². The maximum Gasteiger partial charge on any atom is 0.431 e. The van der Waals surface area contributed by atoms with Gasteiger partial charge in [-0.1, -0.05) is 30.3 Å². The van der Waals surface area contributed by atoms with Gasteiger partial charge in [0.25, 0.3) is 11.5 Å². The lowest BCUT2D eigenvalue weighted by atomic mass is 9.93. The summed E-state index contributed by atoms with van der Waals surface area (Å²) in [5.74, 6) is -3.21. The summed E-state index contributed by atoms with van der Waals surface area (Å²) in [7, 11) is 0.793. The molecule has 3 N–H and O–H groups in total. The van der Waals surface area contributed by atoms with Crippen molar-refractivity contribution in [2.75, 3.05) is 17.6 Å². The summed E-state index contributed by atoms with van der Waals surface area (Å²) in [6, 6.07) is 1.88. The van der Waals surface area contributed by atoms with Gasteiger partial charge in [0, 0.05) is 25.8 Å². The molecule has 16 heteroatoms. The first-order valence-corrected chi connectivity index (χ1v) is 12.5. The van der Waals surface area contributed by atoms with Crippen LogP contribution in [0.3, 0.4) is 0 Å². The van der Waals surface area contributed by atoms with E-state index in [1.165, 1.54) is 0 Å². The number of alkyl halides is 3. The Morgan fingerprint density at radius 3 is 2.23 bits per heavy atom. The number of thioether (sulfide) groups is 1. The van der Waals surface area contributed by atoms with Gasteiger partial charge in [0.15, 0.2) is 0 Å². The second-order valence-electron chi connectivity index (χ2n) is 8.78. The minimum atomic E-state index is -4.98. The first kappa shape index (κ1) is 31.9. The minimum Gasteiger partial charge on any atom is -0.481 e. The predicted molar refractivity (Wildman–Crippen MR) is 135 cm³/mol. The van der Waals surface area contributed by atoms with Crippen molar-refractivity contribution >= 4 is 46.1 Å². The summed E-state index contributed by atoms with van der Waals surface area (Å²) < 4.78 is 54.2. The number of anilines is 1. The second-order valence-corrected chi connectivity index (χ2v) is 10.2. The van der Waals surface area contributed by atoms with E-state index in [0.717, 1.165) is 37.9 Å². The van der Waals surface area contributed by atoms with Gasteiger partial charge in [0.2, 0.25) is 5.12 Å². The van der Waals surface area contributed by atoms with E-state index in [-0.39, 0.29) is 37.6 Å². The largest absolute Gasteiger partial charge is 0.481 e. The zero-order valence-corrected chi connectivity index (χ0v) is 22.3. The Bertz CT molecular complexity index is 1400. The van der Waals surface area contributed by atoms with Crippen LogP contribution in [0.2, 0.25) is 5.02 Å². The fourth-order valence-corrected chi connectivity index (χ4v) is 4.91. The van der Waals surface area contributed by atoms with E-state index in [4.69, 9.17) is 21.5 Å². The fourth-order valence-electron chi connectivity index (χ4n) is 3.53. The van der Waals surface area contributed by atoms with E-state index < -0.39 is 57.9 Å². The third kappa shape index (κ3) is 7.85. The minimum absolute atomic E-state index is 0.0362. The number of aliphatic carboxylic acids is 2. The molecule has 10 nitrogen and oxygen atoms in total. The number of carboxylic acids is 2. The molecule has 0 radical (unpaired) electrons. The van der Waals surface area contributed by atoms with Crippen LogP contribution in [-0.2, 0) is 27.6 Å². The van der Waals surface area contributed by atoms with Crippen molar-refractivity contribution in [3.05, 3.63) is 55.6 Å². The summed E-state index contributed by atoms with van der Waals surface area (Å²) in [4.78, 5) is 57.3. The summed E-state index contributed by atoms with van der Waals surface area (Å²) in [6.45, 7) is 2.37. The summed E-state index contributed by atoms with van der Waals surface area (Å²) in [5, 5.41) is 18.7. The van der Waals surface area contributed by atoms with Crippen molar-refractivity contribution in [1.29, 1.82) is 0 Å². The molecule has 39 heavy (non-hydrogen) atoms. The monoisotopic (exact) mass is 597 g/mol. The molecule has 0 aliphatic heterocycles. The van der Waals surface area contributed by atoms with E-state index in [0.29, 0.717) is 18.6 Å². The van der Waals surface area contributed by atoms with Crippen molar-refractivity contribution in [2.45, 2.75) is 32.9 Å². The first-order valence-electron chi connectivity index (χ1n) is 11.1. The van der Waals surface area contributed by atoms with Crippen LogP contribution in [-0.4, -0.2) is 48.7 Å². The molecule has 1 aromatic carbocycles. The fraction of sp³-hybridized carbons (Fsp3) is 0.435. The molecule has 1 aromatic heterocycles. The van der Waals surface area contributed by atoms with Crippen LogP contribution < -0.4 is 16.6 Å². The zero-order chi connectivity index (χ0) is 29.9. The highest BCUT2D eigenvalue weighted by Crippen LogP contribution is 2.54. The number of hydrogen-bond acceptors (Lipinski definition) is 7. The molecule has 0 amide bonds. The van der Waals surface area contributed by atoms with E-state index in [1.54, 1.807) is 6.92 Å². The molecule has 1 unspecified atom stereocenters. The Labute approximate surface area is 227 Å². The Morgan fingerprint density at radius 2 is 1.74 bits per heavy atom. The molecule has 1 aliphatic carbocycles. The Balaban J connectivity index is 0.00000124. The molecule has 1 saturated carbocycles. The van der Waals surface area contributed by atoms with Crippen LogP contribution in [0.1, 0.15) is 32.4 Å². The highest BCUT2D eigenvalue weighted by atomic mass is 35.5. The summed E-state index contributed by atoms with van der Waals surface area (Å²) >= 11 is 6.93. The van der Waals surface area contributed by atoms with Gasteiger partial charge in [0.05, 0.1) is 28.9 Å². The average Bonchev–Trinajstić information content (AvgIpc) is 3.60. The Kier molecular flexibility index (Phi) is 10.0. The molecule has 1 aliphatic rings. The smallest absolute Gasteiger partial charge is 0.431 e. The number of rotatable bonds is 8.